The molecule has 0 bridgehead atoms. The summed E-state index contributed by atoms with van der Waals surface area (Å²) in [5.74, 6) is -2.34. The predicted molar refractivity (Wildman–Crippen MR) is 76.6 cm³/mol. The second-order valence-corrected chi connectivity index (χ2v) is 6.73. The molecule has 0 aromatic carbocycles. The van der Waals surface area contributed by atoms with E-state index in [4.69, 9.17) is 4.74 Å². The van der Waals surface area contributed by atoms with Crippen LogP contribution < -0.4 is 51.4 Å². The zero-order valence-electron chi connectivity index (χ0n) is 14.1. The van der Waals surface area contributed by atoms with Crippen molar-refractivity contribution in [2.24, 2.45) is 7.05 Å². The maximum Gasteiger partial charge on any atom is 1.00 e. The molecule has 0 spiro atoms. The van der Waals surface area contributed by atoms with Crippen molar-refractivity contribution in [1.29, 1.82) is 0 Å². The molecule has 23 heavy (non-hydrogen) atoms. The van der Waals surface area contributed by atoms with E-state index in [0.717, 1.165) is 4.90 Å². The molecule has 0 saturated carbocycles. The predicted octanol–water partition coefficient (Wildman–Crippen LogP) is -0.0240. The summed E-state index contributed by atoms with van der Waals surface area (Å²) in [6.45, 7) is -0.375. The molecular formula is C13H20BF3KN3O2. The van der Waals surface area contributed by atoms with Crippen LogP contribution in [0.4, 0.5) is 17.7 Å². The van der Waals surface area contributed by atoms with Crippen molar-refractivity contribution in [2.45, 2.75) is 38.1 Å². The van der Waals surface area contributed by atoms with E-state index in [0.29, 0.717) is 5.56 Å². The van der Waals surface area contributed by atoms with Crippen LogP contribution in [-0.2, 0) is 11.8 Å². The summed E-state index contributed by atoms with van der Waals surface area (Å²) in [6, 6.07) is 0. The largest absolute Gasteiger partial charge is 1.00 e. The number of hydrogen-bond acceptors (Lipinski definition) is 3. The SMILES string of the molecule is Cn1cc(C2CN(C(=O)OC(C)(C)C)CC2[B-](F)(F)F)cn1.[K+]. The number of aryl methyl sites for hydroxylation is 1. The molecule has 2 rings (SSSR count). The summed E-state index contributed by atoms with van der Waals surface area (Å²) >= 11 is 0. The molecule has 1 aromatic rings. The number of rotatable bonds is 2. The van der Waals surface area contributed by atoms with Crippen molar-refractivity contribution < 1.29 is 73.9 Å². The summed E-state index contributed by atoms with van der Waals surface area (Å²) in [5, 5.41) is 3.93. The average Bonchev–Trinajstić information content (AvgIpc) is 2.91. The van der Waals surface area contributed by atoms with E-state index in [2.05, 4.69) is 5.10 Å². The van der Waals surface area contributed by atoms with Gasteiger partial charge >= 0.3 is 64.5 Å². The van der Waals surface area contributed by atoms with E-state index in [1.54, 1.807) is 34.0 Å². The van der Waals surface area contributed by atoms with Crippen molar-refractivity contribution in [3.05, 3.63) is 18.0 Å². The minimum Gasteiger partial charge on any atom is -0.449 e. The molecule has 5 nitrogen and oxygen atoms in total. The first kappa shape index (κ1) is 21.0. The molecule has 1 aliphatic heterocycles. The molecule has 1 fully saturated rings. The molecule has 1 aliphatic rings. The van der Waals surface area contributed by atoms with E-state index >= 15 is 0 Å². The Morgan fingerprint density at radius 3 is 2.39 bits per heavy atom. The molecule has 2 heterocycles. The average molecular weight is 357 g/mol. The number of carbonyl (C=O) groups is 1. The zero-order chi connectivity index (χ0) is 16.7. The quantitative estimate of drug-likeness (QED) is 0.699. The van der Waals surface area contributed by atoms with Crippen LogP contribution in [0.25, 0.3) is 0 Å². The summed E-state index contributed by atoms with van der Waals surface area (Å²) in [5.41, 5.74) is -0.236. The molecule has 1 saturated heterocycles. The van der Waals surface area contributed by atoms with Crippen LogP contribution >= 0.6 is 0 Å². The van der Waals surface area contributed by atoms with Crippen LogP contribution in [0.2, 0.25) is 5.82 Å². The molecule has 0 N–H and O–H groups in total. The van der Waals surface area contributed by atoms with Gasteiger partial charge < -0.3 is 22.6 Å². The van der Waals surface area contributed by atoms with Gasteiger partial charge in [-0.05, 0) is 38.1 Å². The second-order valence-electron chi connectivity index (χ2n) is 6.73. The van der Waals surface area contributed by atoms with Crippen molar-refractivity contribution in [3.63, 3.8) is 0 Å². The number of nitrogens with zero attached hydrogens (tertiary/aromatic N) is 3. The van der Waals surface area contributed by atoms with Crippen LogP contribution in [0.1, 0.15) is 32.3 Å². The van der Waals surface area contributed by atoms with Gasteiger partial charge in [0.2, 0.25) is 0 Å². The third kappa shape index (κ3) is 5.48. The molecule has 2 unspecified atom stereocenters. The monoisotopic (exact) mass is 357 g/mol. The van der Waals surface area contributed by atoms with E-state index in [1.807, 2.05) is 0 Å². The standard InChI is InChI=1S/C13H20BF3N3O2.K/c1-13(2,3)22-12(21)20-7-10(9-5-18-19(4)6-9)11(8-20)14(15,16)17;/h5-6,10-11H,7-8H2,1-4H3;/q-1;+1. The molecule has 124 valence electrons. The third-order valence-corrected chi connectivity index (χ3v) is 3.66. The molecule has 1 aromatic heterocycles. The van der Waals surface area contributed by atoms with Gasteiger partial charge in [0.1, 0.15) is 5.60 Å². The van der Waals surface area contributed by atoms with Crippen LogP contribution in [-0.4, -0.2) is 46.4 Å². The Hall–Kier alpha value is -0.0287. The topological polar surface area (TPSA) is 47.4 Å². The molecule has 0 radical (unpaired) electrons. The third-order valence-electron chi connectivity index (χ3n) is 3.66. The number of hydrogen-bond donors (Lipinski definition) is 0. The summed E-state index contributed by atoms with van der Waals surface area (Å²) in [7, 11) is 1.65. The Morgan fingerprint density at radius 1 is 1.35 bits per heavy atom. The van der Waals surface area contributed by atoms with Gasteiger partial charge in [0.05, 0.1) is 6.20 Å². The summed E-state index contributed by atoms with van der Waals surface area (Å²) in [6.07, 6.45) is 2.29. The minimum atomic E-state index is -5.06. The Bertz CT molecular complexity index is 559. The van der Waals surface area contributed by atoms with Gasteiger partial charge in [-0.3, -0.25) is 4.68 Å². The van der Waals surface area contributed by atoms with Gasteiger partial charge in [-0.2, -0.15) is 5.10 Å². The minimum absolute atomic E-state index is 0. The molecule has 0 aliphatic carbocycles. The van der Waals surface area contributed by atoms with Gasteiger partial charge in [0, 0.05) is 26.3 Å². The van der Waals surface area contributed by atoms with Gasteiger partial charge in [-0.25, -0.2) is 4.79 Å². The van der Waals surface area contributed by atoms with Crippen LogP contribution in [0, 0.1) is 0 Å². The first-order chi connectivity index (χ1) is 9.97. The fourth-order valence-corrected chi connectivity index (χ4v) is 2.67. The molecule has 1 amide bonds. The Balaban J connectivity index is 0.00000264. The first-order valence-electron chi connectivity index (χ1n) is 7.14. The first-order valence-corrected chi connectivity index (χ1v) is 7.14. The van der Waals surface area contributed by atoms with Gasteiger partial charge in [0.25, 0.3) is 0 Å². The van der Waals surface area contributed by atoms with Crippen LogP contribution in [0.5, 0.6) is 0 Å². The maximum absolute atomic E-state index is 13.3. The Morgan fingerprint density at radius 2 is 1.96 bits per heavy atom. The van der Waals surface area contributed by atoms with Gasteiger partial charge in [-0.1, -0.05) is 0 Å². The number of carbonyl (C=O) groups excluding carboxylic acids is 1. The Labute approximate surface area is 176 Å². The van der Waals surface area contributed by atoms with Crippen molar-refractivity contribution in [2.75, 3.05) is 13.1 Å². The molecular weight excluding hydrogens is 337 g/mol. The van der Waals surface area contributed by atoms with E-state index in [1.165, 1.54) is 10.9 Å². The van der Waals surface area contributed by atoms with Crippen LogP contribution in [0.3, 0.4) is 0 Å². The van der Waals surface area contributed by atoms with Crippen molar-refractivity contribution >= 4 is 13.1 Å². The number of likely N-dealkylation sites (tertiary alicyclic amines) is 1. The van der Waals surface area contributed by atoms with E-state index in [9.17, 15) is 17.7 Å². The Kier molecular flexibility index (Phi) is 6.82. The number of ether oxygens (including phenoxy) is 1. The van der Waals surface area contributed by atoms with Gasteiger partial charge in [0.15, 0.2) is 0 Å². The maximum atomic E-state index is 13.3. The number of amides is 1. The number of aromatic nitrogens is 2. The molecule has 10 heteroatoms. The van der Waals surface area contributed by atoms with Gasteiger partial charge in [-0.15, -0.1) is 0 Å². The van der Waals surface area contributed by atoms with Crippen molar-refractivity contribution in [3.8, 4) is 0 Å². The normalized spacial score (nSPS) is 22.0. The fraction of sp³-hybridized carbons (Fsp3) is 0.692. The van der Waals surface area contributed by atoms with E-state index < -0.39 is 30.4 Å². The second kappa shape index (κ2) is 7.47. The van der Waals surface area contributed by atoms with E-state index in [-0.39, 0.29) is 64.5 Å². The zero-order valence-corrected chi connectivity index (χ0v) is 17.2. The van der Waals surface area contributed by atoms with Crippen molar-refractivity contribution in [1.82, 2.24) is 14.7 Å². The summed E-state index contributed by atoms with van der Waals surface area (Å²) < 4.78 is 46.6. The van der Waals surface area contributed by atoms with Crippen LogP contribution in [0.15, 0.2) is 12.4 Å². The molecule has 2 atom stereocenters. The smallest absolute Gasteiger partial charge is 0.449 e. The summed E-state index contributed by atoms with van der Waals surface area (Å²) in [4.78, 5) is 13.2. The fourth-order valence-electron chi connectivity index (χ4n) is 2.67. The number of halogens is 3.